The van der Waals surface area contributed by atoms with E-state index in [0.717, 1.165) is 11.3 Å². The highest BCUT2D eigenvalue weighted by atomic mass is 32.2. The van der Waals surface area contributed by atoms with Crippen molar-refractivity contribution in [3.63, 3.8) is 0 Å². The molecule has 2 rings (SSSR count). The molecule has 4 nitrogen and oxygen atoms in total. The van der Waals surface area contributed by atoms with Crippen LogP contribution in [0.2, 0.25) is 0 Å². The number of nitro groups is 1. The predicted octanol–water partition coefficient (Wildman–Crippen LogP) is 3.85. The Kier molecular flexibility index (Phi) is 4.70. The van der Waals surface area contributed by atoms with Crippen molar-refractivity contribution in [2.45, 2.75) is 49.3 Å². The van der Waals surface area contributed by atoms with Gasteiger partial charge in [0.05, 0.1) is 9.82 Å². The third kappa shape index (κ3) is 3.15. The first-order chi connectivity index (χ1) is 9.45. The maximum atomic E-state index is 11.1. The van der Waals surface area contributed by atoms with Crippen molar-refractivity contribution in [1.29, 1.82) is 0 Å². The van der Waals surface area contributed by atoms with Crippen molar-refractivity contribution in [2.75, 3.05) is 7.05 Å². The number of hydrogen-bond acceptors (Lipinski definition) is 4. The minimum atomic E-state index is -0.287. The SMILES string of the molecule is CNC1C(Sc2ccccc2[N+](=O)[O-])CCCC1(C)C. The molecule has 110 valence electrons. The van der Waals surface area contributed by atoms with Crippen LogP contribution in [0, 0.1) is 15.5 Å². The van der Waals surface area contributed by atoms with Crippen molar-refractivity contribution >= 4 is 17.4 Å². The van der Waals surface area contributed by atoms with Gasteiger partial charge in [0.2, 0.25) is 0 Å². The summed E-state index contributed by atoms with van der Waals surface area (Å²) < 4.78 is 0. The smallest absolute Gasteiger partial charge is 0.282 e. The lowest BCUT2D eigenvalue weighted by Gasteiger charge is -2.43. The quantitative estimate of drug-likeness (QED) is 0.677. The summed E-state index contributed by atoms with van der Waals surface area (Å²) in [6.07, 6.45) is 3.49. The second-order valence-corrected chi connectivity index (χ2v) is 7.31. The molecule has 1 aliphatic carbocycles. The summed E-state index contributed by atoms with van der Waals surface area (Å²) in [5.41, 5.74) is 0.449. The third-order valence-electron chi connectivity index (χ3n) is 4.17. The highest BCUT2D eigenvalue weighted by molar-refractivity contribution is 8.00. The number of nitrogens with one attached hydrogen (secondary N) is 1. The van der Waals surface area contributed by atoms with E-state index in [4.69, 9.17) is 0 Å². The first-order valence-corrected chi connectivity index (χ1v) is 7.91. The van der Waals surface area contributed by atoms with E-state index in [9.17, 15) is 10.1 Å². The van der Waals surface area contributed by atoms with Gasteiger partial charge >= 0.3 is 0 Å². The Morgan fingerprint density at radius 3 is 2.75 bits per heavy atom. The van der Waals surface area contributed by atoms with Crippen LogP contribution in [0.25, 0.3) is 0 Å². The molecule has 1 saturated carbocycles. The second-order valence-electron chi connectivity index (χ2n) is 6.03. The molecule has 5 heteroatoms. The van der Waals surface area contributed by atoms with Crippen LogP contribution >= 0.6 is 11.8 Å². The van der Waals surface area contributed by atoms with Gasteiger partial charge in [-0.05, 0) is 31.4 Å². The zero-order valence-electron chi connectivity index (χ0n) is 12.3. The van der Waals surface area contributed by atoms with Crippen molar-refractivity contribution in [3.05, 3.63) is 34.4 Å². The zero-order valence-corrected chi connectivity index (χ0v) is 13.1. The normalized spacial score (nSPS) is 25.4. The maximum Gasteiger partial charge on any atom is 0.282 e. The lowest BCUT2D eigenvalue weighted by atomic mass is 9.73. The molecule has 2 atom stereocenters. The Morgan fingerprint density at radius 2 is 2.10 bits per heavy atom. The predicted molar refractivity (Wildman–Crippen MR) is 83.2 cm³/mol. The number of para-hydroxylation sites is 1. The molecule has 2 unspecified atom stereocenters. The van der Waals surface area contributed by atoms with Gasteiger partial charge in [0.1, 0.15) is 0 Å². The molecule has 0 radical (unpaired) electrons. The second kappa shape index (κ2) is 6.14. The molecule has 0 aliphatic heterocycles. The van der Waals surface area contributed by atoms with E-state index in [0.29, 0.717) is 11.3 Å². The van der Waals surface area contributed by atoms with Gasteiger partial charge in [-0.1, -0.05) is 32.4 Å². The first kappa shape index (κ1) is 15.3. The minimum absolute atomic E-state index is 0.218. The van der Waals surface area contributed by atoms with Crippen LogP contribution in [0.3, 0.4) is 0 Å². The summed E-state index contributed by atoms with van der Waals surface area (Å²) in [6.45, 7) is 4.56. The van der Waals surface area contributed by atoms with Crippen molar-refractivity contribution < 1.29 is 4.92 Å². The number of nitrogens with zero attached hydrogens (tertiary/aromatic N) is 1. The fourth-order valence-corrected chi connectivity index (χ4v) is 4.83. The van der Waals surface area contributed by atoms with Crippen LogP contribution < -0.4 is 5.32 Å². The Hall–Kier alpha value is -1.07. The molecule has 0 amide bonds. The molecule has 1 aromatic carbocycles. The largest absolute Gasteiger partial charge is 0.315 e. The molecular formula is C15H22N2O2S. The Morgan fingerprint density at radius 1 is 1.40 bits per heavy atom. The average molecular weight is 294 g/mol. The number of nitro benzene ring substituents is 1. The van der Waals surface area contributed by atoms with Crippen LogP contribution in [0.1, 0.15) is 33.1 Å². The van der Waals surface area contributed by atoms with E-state index in [1.807, 2.05) is 19.2 Å². The van der Waals surface area contributed by atoms with Gasteiger partial charge in [-0.2, -0.15) is 0 Å². The number of thioether (sulfide) groups is 1. The topological polar surface area (TPSA) is 55.2 Å². The summed E-state index contributed by atoms with van der Waals surface area (Å²) >= 11 is 1.65. The molecule has 0 spiro atoms. The standard InChI is InChI=1S/C15H22N2O2S/c1-15(2)10-6-9-13(14(15)16-3)20-12-8-5-4-7-11(12)17(18)19/h4-5,7-8,13-14,16H,6,9-10H2,1-3H3. The Balaban J connectivity index is 2.22. The molecule has 20 heavy (non-hydrogen) atoms. The molecular weight excluding hydrogens is 272 g/mol. The summed E-state index contributed by atoms with van der Waals surface area (Å²) in [4.78, 5) is 11.6. The van der Waals surface area contributed by atoms with Gasteiger partial charge < -0.3 is 5.32 Å². The summed E-state index contributed by atoms with van der Waals surface area (Å²) in [6, 6.07) is 7.42. The molecule has 1 aliphatic rings. The first-order valence-electron chi connectivity index (χ1n) is 7.03. The maximum absolute atomic E-state index is 11.1. The molecule has 0 aromatic heterocycles. The molecule has 1 fully saturated rings. The van der Waals surface area contributed by atoms with Crippen LogP contribution in [0.4, 0.5) is 5.69 Å². The van der Waals surface area contributed by atoms with Gasteiger partial charge in [0.15, 0.2) is 0 Å². The van der Waals surface area contributed by atoms with Crippen LogP contribution in [0.5, 0.6) is 0 Å². The van der Waals surface area contributed by atoms with Gasteiger partial charge in [0.25, 0.3) is 5.69 Å². The number of hydrogen-bond donors (Lipinski definition) is 1. The monoisotopic (exact) mass is 294 g/mol. The van der Waals surface area contributed by atoms with E-state index in [1.54, 1.807) is 23.9 Å². The fraction of sp³-hybridized carbons (Fsp3) is 0.600. The van der Waals surface area contributed by atoms with Crippen molar-refractivity contribution in [1.82, 2.24) is 5.32 Å². The lowest BCUT2D eigenvalue weighted by Crippen LogP contribution is -2.49. The van der Waals surface area contributed by atoms with Gasteiger partial charge in [-0.25, -0.2) is 0 Å². The van der Waals surface area contributed by atoms with E-state index < -0.39 is 0 Å². The summed E-state index contributed by atoms with van der Waals surface area (Å²) in [7, 11) is 1.99. The molecule has 1 aromatic rings. The van der Waals surface area contributed by atoms with E-state index in [-0.39, 0.29) is 16.0 Å². The molecule has 1 N–H and O–H groups in total. The zero-order chi connectivity index (χ0) is 14.8. The molecule has 0 saturated heterocycles. The van der Waals surface area contributed by atoms with Crippen molar-refractivity contribution in [2.24, 2.45) is 5.41 Å². The third-order valence-corrected chi connectivity index (χ3v) is 5.58. The molecule has 0 heterocycles. The van der Waals surface area contributed by atoms with Gasteiger partial charge in [-0.3, -0.25) is 10.1 Å². The van der Waals surface area contributed by atoms with Crippen LogP contribution in [-0.2, 0) is 0 Å². The Labute approximate surface area is 124 Å². The van der Waals surface area contributed by atoms with Crippen LogP contribution in [-0.4, -0.2) is 23.3 Å². The van der Waals surface area contributed by atoms with Gasteiger partial charge in [0, 0.05) is 17.4 Å². The highest BCUT2D eigenvalue weighted by Gasteiger charge is 2.39. The summed E-state index contributed by atoms with van der Waals surface area (Å²) in [5.74, 6) is 0. The lowest BCUT2D eigenvalue weighted by molar-refractivity contribution is -0.387. The average Bonchev–Trinajstić information content (AvgIpc) is 2.38. The Bertz CT molecular complexity index is 491. The summed E-state index contributed by atoms with van der Waals surface area (Å²) in [5, 5.41) is 14.9. The van der Waals surface area contributed by atoms with Crippen molar-refractivity contribution in [3.8, 4) is 0 Å². The number of benzene rings is 1. The minimum Gasteiger partial charge on any atom is -0.315 e. The van der Waals surface area contributed by atoms with E-state index >= 15 is 0 Å². The fourth-order valence-electron chi connectivity index (χ4n) is 3.16. The van der Waals surface area contributed by atoms with E-state index in [1.165, 1.54) is 12.8 Å². The van der Waals surface area contributed by atoms with Gasteiger partial charge in [-0.15, -0.1) is 11.8 Å². The molecule has 0 bridgehead atoms. The highest BCUT2D eigenvalue weighted by Crippen LogP contribution is 2.44. The van der Waals surface area contributed by atoms with E-state index in [2.05, 4.69) is 19.2 Å². The number of rotatable bonds is 4. The van der Waals surface area contributed by atoms with Crippen LogP contribution in [0.15, 0.2) is 29.2 Å².